The molecule has 0 fully saturated rings. The van der Waals surface area contributed by atoms with Gasteiger partial charge in [-0.2, -0.15) is 4.31 Å². The molecular weight excluding hydrogens is 381 g/mol. The number of hydrogen-bond donors (Lipinski definition) is 0. The van der Waals surface area contributed by atoms with E-state index in [1.54, 1.807) is 18.2 Å². The topological polar surface area (TPSA) is 37.4 Å². The van der Waals surface area contributed by atoms with Gasteiger partial charge >= 0.3 is 0 Å². The predicted octanol–water partition coefficient (Wildman–Crippen LogP) is 4.06. The molecule has 0 aliphatic carbocycles. The molecule has 0 atom stereocenters. The number of nitrogens with zero attached hydrogens (tertiary/aromatic N) is 1. The van der Waals surface area contributed by atoms with Crippen molar-refractivity contribution >= 4 is 37.6 Å². The van der Waals surface area contributed by atoms with Crippen molar-refractivity contribution in [1.82, 2.24) is 4.31 Å². The van der Waals surface area contributed by atoms with Crippen molar-refractivity contribution in [3.8, 4) is 0 Å². The second-order valence-corrected chi connectivity index (χ2v) is 7.73. The van der Waals surface area contributed by atoms with Crippen molar-refractivity contribution in [2.45, 2.75) is 11.4 Å². The molecule has 0 radical (unpaired) electrons. The van der Waals surface area contributed by atoms with Gasteiger partial charge in [0.1, 0.15) is 5.82 Å². The fraction of sp³-hybridized carbons (Fsp3) is 0.143. The van der Waals surface area contributed by atoms with Crippen LogP contribution in [0.25, 0.3) is 0 Å². The lowest BCUT2D eigenvalue weighted by atomic mass is 10.2. The van der Waals surface area contributed by atoms with E-state index < -0.39 is 15.8 Å². The maximum absolute atomic E-state index is 13.6. The number of benzene rings is 2. The Morgan fingerprint density at radius 3 is 2.52 bits per heavy atom. The van der Waals surface area contributed by atoms with E-state index in [4.69, 9.17) is 11.6 Å². The van der Waals surface area contributed by atoms with Gasteiger partial charge in [0, 0.05) is 23.6 Å². The molecule has 0 aliphatic rings. The summed E-state index contributed by atoms with van der Waals surface area (Å²) in [5.74, 6) is -0.433. The van der Waals surface area contributed by atoms with Gasteiger partial charge in [-0.3, -0.25) is 0 Å². The van der Waals surface area contributed by atoms with Gasteiger partial charge in [0.25, 0.3) is 0 Å². The molecule has 0 saturated carbocycles. The second-order valence-electron chi connectivity index (χ2n) is 4.43. The van der Waals surface area contributed by atoms with E-state index in [1.165, 1.54) is 31.3 Å². The van der Waals surface area contributed by atoms with Crippen LogP contribution in [0, 0.1) is 5.82 Å². The Labute approximate surface area is 136 Å². The minimum atomic E-state index is -3.72. The highest BCUT2D eigenvalue weighted by molar-refractivity contribution is 9.10. The molecule has 0 aliphatic heterocycles. The van der Waals surface area contributed by atoms with E-state index in [-0.39, 0.29) is 11.4 Å². The third kappa shape index (κ3) is 3.63. The summed E-state index contributed by atoms with van der Waals surface area (Å²) < 4.78 is 40.1. The van der Waals surface area contributed by atoms with Crippen molar-refractivity contribution in [1.29, 1.82) is 0 Å². The van der Waals surface area contributed by atoms with Crippen LogP contribution < -0.4 is 0 Å². The molecule has 0 amide bonds. The first-order valence-corrected chi connectivity index (χ1v) is 8.58. The molecule has 0 saturated heterocycles. The van der Waals surface area contributed by atoms with Crippen LogP contribution in [0.2, 0.25) is 5.02 Å². The molecular formula is C14H12BrClFNO2S. The molecule has 21 heavy (non-hydrogen) atoms. The molecule has 7 heteroatoms. The molecule has 2 aromatic rings. The Hall–Kier alpha value is -0.950. The summed E-state index contributed by atoms with van der Waals surface area (Å²) in [7, 11) is -2.31. The van der Waals surface area contributed by atoms with Crippen LogP contribution in [0.1, 0.15) is 5.56 Å². The van der Waals surface area contributed by atoms with Gasteiger partial charge in [-0.25, -0.2) is 12.8 Å². The summed E-state index contributed by atoms with van der Waals surface area (Å²) in [4.78, 5) is 0.0950. The van der Waals surface area contributed by atoms with Crippen LogP contribution in [-0.2, 0) is 16.6 Å². The van der Waals surface area contributed by atoms with E-state index in [0.717, 1.165) is 4.31 Å². The Morgan fingerprint density at radius 1 is 1.24 bits per heavy atom. The van der Waals surface area contributed by atoms with E-state index in [1.807, 2.05) is 0 Å². The molecule has 0 heterocycles. The number of sulfonamides is 1. The first kappa shape index (κ1) is 16.4. The van der Waals surface area contributed by atoms with Gasteiger partial charge in [0.05, 0.1) is 9.92 Å². The van der Waals surface area contributed by atoms with Crippen molar-refractivity contribution in [3.05, 3.63) is 63.3 Å². The van der Waals surface area contributed by atoms with Crippen molar-refractivity contribution in [2.75, 3.05) is 7.05 Å². The lowest BCUT2D eigenvalue weighted by Crippen LogP contribution is -2.26. The molecule has 0 unspecified atom stereocenters. The number of rotatable bonds is 4. The Morgan fingerprint density at radius 2 is 1.90 bits per heavy atom. The number of hydrogen-bond acceptors (Lipinski definition) is 2. The highest BCUT2D eigenvalue weighted by Crippen LogP contribution is 2.27. The van der Waals surface area contributed by atoms with Crippen LogP contribution in [0.15, 0.2) is 51.8 Å². The normalized spacial score (nSPS) is 11.9. The average Bonchev–Trinajstić information content (AvgIpc) is 2.44. The molecule has 0 aromatic heterocycles. The summed E-state index contributed by atoms with van der Waals surface area (Å²) in [5.41, 5.74) is 0.316. The molecule has 0 spiro atoms. The molecule has 3 nitrogen and oxygen atoms in total. The van der Waals surface area contributed by atoms with Gasteiger partial charge < -0.3 is 0 Å². The van der Waals surface area contributed by atoms with Gasteiger partial charge in [-0.05, 0) is 40.2 Å². The monoisotopic (exact) mass is 391 g/mol. The van der Waals surface area contributed by atoms with Gasteiger partial charge in [-0.15, -0.1) is 0 Å². The third-order valence-corrected chi connectivity index (χ3v) is 5.96. The highest BCUT2D eigenvalue weighted by atomic mass is 79.9. The highest BCUT2D eigenvalue weighted by Gasteiger charge is 2.22. The van der Waals surface area contributed by atoms with Crippen LogP contribution >= 0.6 is 27.5 Å². The van der Waals surface area contributed by atoms with Gasteiger partial charge in [-0.1, -0.05) is 29.8 Å². The maximum atomic E-state index is 13.6. The largest absolute Gasteiger partial charge is 0.243 e. The Balaban J connectivity index is 2.30. The van der Waals surface area contributed by atoms with E-state index >= 15 is 0 Å². The lowest BCUT2D eigenvalue weighted by Gasteiger charge is -2.18. The van der Waals surface area contributed by atoms with Crippen LogP contribution in [0.5, 0.6) is 0 Å². The summed E-state index contributed by atoms with van der Waals surface area (Å²) in [6, 6.07) is 10.4. The number of halogens is 3. The van der Waals surface area contributed by atoms with Crippen molar-refractivity contribution in [2.24, 2.45) is 0 Å². The third-order valence-electron chi connectivity index (χ3n) is 2.95. The van der Waals surface area contributed by atoms with E-state index in [2.05, 4.69) is 15.9 Å². The molecule has 0 bridgehead atoms. The van der Waals surface area contributed by atoms with Crippen LogP contribution in [0.3, 0.4) is 0 Å². The smallest absolute Gasteiger partial charge is 0.207 e. The average molecular weight is 393 g/mol. The summed E-state index contributed by atoms with van der Waals surface area (Å²) in [5, 5.41) is 0.422. The van der Waals surface area contributed by atoms with E-state index in [0.29, 0.717) is 15.1 Å². The zero-order chi connectivity index (χ0) is 15.6. The van der Waals surface area contributed by atoms with Crippen LogP contribution in [0.4, 0.5) is 4.39 Å². The predicted molar refractivity (Wildman–Crippen MR) is 84.2 cm³/mol. The fourth-order valence-corrected chi connectivity index (χ4v) is 3.59. The first-order valence-electron chi connectivity index (χ1n) is 5.97. The summed E-state index contributed by atoms with van der Waals surface area (Å²) >= 11 is 9.05. The maximum Gasteiger partial charge on any atom is 0.243 e. The van der Waals surface area contributed by atoms with Crippen molar-refractivity contribution in [3.63, 3.8) is 0 Å². The summed E-state index contributed by atoms with van der Waals surface area (Å²) in [6.07, 6.45) is 0. The minimum Gasteiger partial charge on any atom is -0.207 e. The molecule has 0 N–H and O–H groups in total. The SMILES string of the molecule is CN(Cc1ccccc1F)S(=O)(=O)c1ccc(Cl)c(Br)c1. The van der Waals surface area contributed by atoms with E-state index in [9.17, 15) is 12.8 Å². The fourth-order valence-electron chi connectivity index (χ4n) is 1.77. The second kappa shape index (κ2) is 6.44. The van der Waals surface area contributed by atoms with Crippen molar-refractivity contribution < 1.29 is 12.8 Å². The Kier molecular flexibility index (Phi) is 5.03. The first-order chi connectivity index (χ1) is 9.82. The molecule has 2 aromatic carbocycles. The molecule has 112 valence electrons. The van der Waals surface area contributed by atoms with Gasteiger partial charge in [0.2, 0.25) is 10.0 Å². The zero-order valence-corrected chi connectivity index (χ0v) is 14.2. The standard InChI is InChI=1S/C14H12BrClFNO2S/c1-18(9-10-4-2-3-5-14(10)17)21(19,20)11-6-7-13(16)12(15)8-11/h2-8H,9H2,1H3. The minimum absolute atomic E-state index is 0.0464. The zero-order valence-electron chi connectivity index (χ0n) is 11.1. The quantitative estimate of drug-likeness (QED) is 0.787. The van der Waals surface area contributed by atoms with Gasteiger partial charge in [0.15, 0.2) is 0 Å². The van der Waals surface area contributed by atoms with Crippen LogP contribution in [-0.4, -0.2) is 19.8 Å². The lowest BCUT2D eigenvalue weighted by molar-refractivity contribution is 0.456. The molecule has 2 rings (SSSR count). The Bertz CT molecular complexity index is 767. The summed E-state index contributed by atoms with van der Waals surface area (Å²) in [6.45, 7) is -0.0464.